The van der Waals surface area contributed by atoms with Crippen molar-refractivity contribution in [3.05, 3.63) is 30.1 Å². The molecule has 1 aromatic heterocycles. The highest BCUT2D eigenvalue weighted by Crippen LogP contribution is 2.17. The monoisotopic (exact) mass is 208 g/mol. The number of halogens is 1. The summed E-state index contributed by atoms with van der Waals surface area (Å²) in [5.74, 6) is 1.45. The normalized spacial score (nSPS) is 11.0. The zero-order valence-electron chi connectivity index (χ0n) is 8.20. The molecule has 1 aromatic carbocycles. The molecule has 0 saturated carbocycles. The fraction of sp³-hybridized carbons (Fsp3) is 0.364. The zero-order valence-corrected chi connectivity index (χ0v) is 8.96. The van der Waals surface area contributed by atoms with E-state index in [4.69, 9.17) is 11.6 Å². The van der Waals surface area contributed by atoms with E-state index >= 15 is 0 Å². The molecular weight excluding hydrogens is 196 g/mol. The van der Waals surface area contributed by atoms with E-state index in [0.717, 1.165) is 24.3 Å². The molecule has 3 heteroatoms. The van der Waals surface area contributed by atoms with Crippen molar-refractivity contribution in [2.75, 3.05) is 0 Å². The number of fused-ring (bicyclic) bond motifs is 1. The maximum Gasteiger partial charge on any atom is 0.124 e. The van der Waals surface area contributed by atoms with Crippen LogP contribution in [-0.4, -0.2) is 9.55 Å². The Morgan fingerprint density at radius 2 is 2.14 bits per heavy atom. The van der Waals surface area contributed by atoms with Crippen LogP contribution in [-0.2, 0) is 12.4 Å². The Morgan fingerprint density at radius 1 is 1.36 bits per heavy atom. The van der Waals surface area contributed by atoms with Gasteiger partial charge in [-0.3, -0.25) is 0 Å². The maximum absolute atomic E-state index is 5.86. The summed E-state index contributed by atoms with van der Waals surface area (Å²) in [4.78, 5) is 4.48. The van der Waals surface area contributed by atoms with Gasteiger partial charge in [-0.25, -0.2) is 4.98 Å². The number of benzene rings is 1. The number of hydrogen-bond donors (Lipinski definition) is 0. The minimum Gasteiger partial charge on any atom is -0.327 e. The predicted octanol–water partition coefficient (Wildman–Crippen LogP) is 3.19. The molecule has 0 spiro atoms. The van der Waals surface area contributed by atoms with E-state index in [2.05, 4.69) is 22.5 Å². The van der Waals surface area contributed by atoms with Gasteiger partial charge in [-0.1, -0.05) is 19.1 Å². The van der Waals surface area contributed by atoms with E-state index in [1.165, 1.54) is 5.52 Å². The van der Waals surface area contributed by atoms with Crippen LogP contribution in [0.3, 0.4) is 0 Å². The van der Waals surface area contributed by atoms with Crippen LogP contribution in [0.2, 0.25) is 0 Å². The van der Waals surface area contributed by atoms with Crippen LogP contribution in [0.5, 0.6) is 0 Å². The maximum atomic E-state index is 5.86. The molecular formula is C11H13ClN2. The Balaban J connectivity index is 2.61. The number of para-hydroxylation sites is 2. The Kier molecular flexibility index (Phi) is 2.73. The predicted molar refractivity (Wildman–Crippen MR) is 59.6 cm³/mol. The van der Waals surface area contributed by atoms with Gasteiger partial charge in [-0.2, -0.15) is 0 Å². The average molecular weight is 209 g/mol. The molecule has 0 bridgehead atoms. The van der Waals surface area contributed by atoms with Gasteiger partial charge in [0, 0.05) is 6.54 Å². The van der Waals surface area contributed by atoms with Gasteiger partial charge >= 0.3 is 0 Å². The Hall–Kier alpha value is -1.02. The summed E-state index contributed by atoms with van der Waals surface area (Å²) in [6.07, 6.45) is 1.10. The smallest absolute Gasteiger partial charge is 0.124 e. The summed E-state index contributed by atoms with van der Waals surface area (Å²) in [5.41, 5.74) is 2.22. The van der Waals surface area contributed by atoms with E-state index in [1.807, 2.05) is 18.2 Å². The van der Waals surface area contributed by atoms with E-state index in [9.17, 15) is 0 Å². The van der Waals surface area contributed by atoms with Crippen molar-refractivity contribution in [3.63, 3.8) is 0 Å². The molecule has 2 rings (SSSR count). The average Bonchev–Trinajstić information content (AvgIpc) is 2.58. The first kappa shape index (κ1) is 9.53. The molecule has 74 valence electrons. The van der Waals surface area contributed by atoms with Crippen molar-refractivity contribution < 1.29 is 0 Å². The summed E-state index contributed by atoms with van der Waals surface area (Å²) in [6.45, 7) is 3.15. The fourth-order valence-corrected chi connectivity index (χ4v) is 1.90. The zero-order chi connectivity index (χ0) is 9.97. The molecule has 1 heterocycles. The molecule has 0 aliphatic heterocycles. The lowest BCUT2D eigenvalue weighted by molar-refractivity contribution is 0.672. The van der Waals surface area contributed by atoms with Crippen molar-refractivity contribution in [1.29, 1.82) is 0 Å². The van der Waals surface area contributed by atoms with E-state index in [0.29, 0.717) is 5.88 Å². The number of rotatable bonds is 3. The highest BCUT2D eigenvalue weighted by atomic mass is 35.5. The van der Waals surface area contributed by atoms with Gasteiger partial charge in [0.2, 0.25) is 0 Å². The number of imidazole rings is 1. The Labute approximate surface area is 88.5 Å². The van der Waals surface area contributed by atoms with Crippen molar-refractivity contribution in [1.82, 2.24) is 9.55 Å². The van der Waals surface area contributed by atoms with Crippen LogP contribution in [0.25, 0.3) is 11.0 Å². The lowest BCUT2D eigenvalue weighted by Gasteiger charge is -2.04. The molecule has 0 aliphatic rings. The summed E-state index contributed by atoms with van der Waals surface area (Å²) >= 11 is 5.86. The van der Waals surface area contributed by atoms with Crippen LogP contribution in [0, 0.1) is 0 Å². The second kappa shape index (κ2) is 4.01. The second-order valence-electron chi connectivity index (χ2n) is 3.30. The third kappa shape index (κ3) is 1.50. The largest absolute Gasteiger partial charge is 0.327 e. The number of alkyl halides is 1. The number of nitrogens with zero attached hydrogens (tertiary/aromatic N) is 2. The third-order valence-corrected chi connectivity index (χ3v) is 2.54. The van der Waals surface area contributed by atoms with Crippen LogP contribution in [0.1, 0.15) is 19.2 Å². The molecule has 0 unspecified atom stereocenters. The van der Waals surface area contributed by atoms with Crippen molar-refractivity contribution in [2.24, 2.45) is 0 Å². The van der Waals surface area contributed by atoms with Gasteiger partial charge in [0.25, 0.3) is 0 Å². The second-order valence-corrected chi connectivity index (χ2v) is 3.57. The fourth-order valence-electron chi connectivity index (χ4n) is 1.70. The highest BCUT2D eigenvalue weighted by Gasteiger charge is 2.07. The summed E-state index contributed by atoms with van der Waals surface area (Å²) in [7, 11) is 0. The number of hydrogen-bond acceptors (Lipinski definition) is 1. The first-order chi connectivity index (χ1) is 6.86. The molecule has 0 radical (unpaired) electrons. The highest BCUT2D eigenvalue weighted by molar-refractivity contribution is 6.16. The first-order valence-electron chi connectivity index (χ1n) is 4.87. The van der Waals surface area contributed by atoms with Crippen LogP contribution in [0.15, 0.2) is 24.3 Å². The molecule has 2 aromatic rings. The van der Waals surface area contributed by atoms with Crippen molar-refractivity contribution >= 4 is 22.6 Å². The molecule has 0 saturated heterocycles. The molecule has 14 heavy (non-hydrogen) atoms. The molecule has 0 amide bonds. The van der Waals surface area contributed by atoms with E-state index in [-0.39, 0.29) is 0 Å². The lowest BCUT2D eigenvalue weighted by atomic mass is 10.3. The topological polar surface area (TPSA) is 17.8 Å². The minimum atomic E-state index is 0.481. The van der Waals surface area contributed by atoms with Gasteiger partial charge < -0.3 is 4.57 Å². The Morgan fingerprint density at radius 3 is 2.86 bits per heavy atom. The molecule has 2 nitrogen and oxygen atoms in total. The first-order valence-corrected chi connectivity index (χ1v) is 5.40. The van der Waals surface area contributed by atoms with Crippen LogP contribution >= 0.6 is 11.6 Å². The van der Waals surface area contributed by atoms with Crippen LogP contribution in [0.4, 0.5) is 0 Å². The third-order valence-electron chi connectivity index (χ3n) is 2.30. The van der Waals surface area contributed by atoms with Gasteiger partial charge in [-0.05, 0) is 18.6 Å². The summed E-state index contributed by atoms with van der Waals surface area (Å²) in [5, 5.41) is 0. The number of aryl methyl sites for hydroxylation is 1. The standard InChI is InChI=1S/C11H13ClN2/c1-2-7-14-10-6-4-3-5-9(10)13-11(14)8-12/h3-6H,2,7-8H2,1H3. The lowest BCUT2D eigenvalue weighted by Crippen LogP contribution is -2.01. The number of aromatic nitrogens is 2. The SMILES string of the molecule is CCCn1c(CCl)nc2ccccc21. The summed E-state index contributed by atoms with van der Waals surface area (Å²) in [6, 6.07) is 8.16. The van der Waals surface area contributed by atoms with Crippen molar-refractivity contribution in [3.8, 4) is 0 Å². The van der Waals surface area contributed by atoms with Gasteiger partial charge in [0.05, 0.1) is 16.9 Å². The summed E-state index contributed by atoms with van der Waals surface area (Å²) < 4.78 is 2.20. The molecule has 0 aliphatic carbocycles. The quantitative estimate of drug-likeness (QED) is 0.709. The van der Waals surface area contributed by atoms with E-state index < -0.39 is 0 Å². The van der Waals surface area contributed by atoms with Gasteiger partial charge in [0.15, 0.2) is 0 Å². The molecule has 0 N–H and O–H groups in total. The van der Waals surface area contributed by atoms with Crippen molar-refractivity contribution in [2.45, 2.75) is 25.8 Å². The molecule has 0 atom stereocenters. The van der Waals surface area contributed by atoms with Gasteiger partial charge in [0.1, 0.15) is 5.82 Å². The Bertz CT molecular complexity index is 434. The van der Waals surface area contributed by atoms with Crippen LogP contribution < -0.4 is 0 Å². The van der Waals surface area contributed by atoms with Gasteiger partial charge in [-0.15, -0.1) is 11.6 Å². The minimum absolute atomic E-state index is 0.481. The molecule has 0 fully saturated rings. The van der Waals surface area contributed by atoms with E-state index in [1.54, 1.807) is 0 Å².